The van der Waals surface area contributed by atoms with Crippen molar-refractivity contribution in [2.45, 2.75) is 12.7 Å². The van der Waals surface area contributed by atoms with E-state index in [0.29, 0.717) is 0 Å². The highest BCUT2D eigenvalue weighted by Gasteiger charge is 2.34. The molecule has 0 aliphatic rings. The van der Waals surface area contributed by atoms with E-state index in [2.05, 4.69) is 4.98 Å². The summed E-state index contributed by atoms with van der Waals surface area (Å²) in [6.07, 6.45) is -3.50. The monoisotopic (exact) mass is 407 g/mol. The SMILES string of the molecule is NC(=O)c1cn(Cc2ccccc2)c(-c2cccc(C(F)(F)F)c2Cl)nc1=O. The van der Waals surface area contributed by atoms with Crippen LogP contribution in [-0.4, -0.2) is 15.5 Å². The first-order valence-corrected chi connectivity index (χ1v) is 8.37. The number of alkyl halides is 3. The van der Waals surface area contributed by atoms with Gasteiger partial charge < -0.3 is 10.3 Å². The number of carbonyl (C=O) groups excluding carboxylic acids is 1. The lowest BCUT2D eigenvalue weighted by atomic mass is 10.1. The Morgan fingerprint density at radius 2 is 1.79 bits per heavy atom. The molecule has 0 atom stereocenters. The van der Waals surface area contributed by atoms with Gasteiger partial charge in [0.1, 0.15) is 11.4 Å². The second-order valence-electron chi connectivity index (χ2n) is 5.93. The Bertz CT molecular complexity index is 1100. The Hall–Kier alpha value is -3.13. The minimum Gasteiger partial charge on any atom is -0.365 e. The number of hydrogen-bond acceptors (Lipinski definition) is 3. The molecule has 9 heteroatoms. The van der Waals surface area contributed by atoms with Crippen molar-refractivity contribution in [2.75, 3.05) is 0 Å². The molecule has 0 aliphatic heterocycles. The van der Waals surface area contributed by atoms with E-state index in [0.717, 1.165) is 11.6 Å². The smallest absolute Gasteiger partial charge is 0.365 e. The molecule has 144 valence electrons. The molecule has 0 aliphatic carbocycles. The summed E-state index contributed by atoms with van der Waals surface area (Å²) < 4.78 is 41.0. The van der Waals surface area contributed by atoms with Gasteiger partial charge in [-0.3, -0.25) is 9.59 Å². The predicted molar refractivity (Wildman–Crippen MR) is 98.0 cm³/mol. The molecule has 5 nitrogen and oxygen atoms in total. The molecule has 0 spiro atoms. The molecule has 0 unspecified atom stereocenters. The van der Waals surface area contributed by atoms with Crippen LogP contribution in [0.4, 0.5) is 13.2 Å². The number of halogens is 4. The van der Waals surface area contributed by atoms with Gasteiger partial charge in [0.05, 0.1) is 10.6 Å². The van der Waals surface area contributed by atoms with Crippen molar-refractivity contribution < 1.29 is 18.0 Å². The summed E-state index contributed by atoms with van der Waals surface area (Å²) in [5, 5.41) is -0.587. The normalized spacial score (nSPS) is 11.4. The van der Waals surface area contributed by atoms with Crippen LogP contribution in [-0.2, 0) is 12.7 Å². The van der Waals surface area contributed by atoms with Gasteiger partial charge in [0, 0.05) is 18.3 Å². The average molecular weight is 408 g/mol. The Kier molecular flexibility index (Phi) is 5.24. The summed E-state index contributed by atoms with van der Waals surface area (Å²) in [5.74, 6) is -1.09. The van der Waals surface area contributed by atoms with E-state index in [1.807, 2.05) is 0 Å². The van der Waals surface area contributed by atoms with E-state index in [4.69, 9.17) is 17.3 Å². The summed E-state index contributed by atoms with van der Waals surface area (Å²) in [6.45, 7) is 0.135. The number of benzene rings is 2. The van der Waals surface area contributed by atoms with Gasteiger partial charge in [0.25, 0.3) is 11.5 Å². The van der Waals surface area contributed by atoms with E-state index >= 15 is 0 Å². The lowest BCUT2D eigenvalue weighted by Crippen LogP contribution is -2.27. The zero-order valence-electron chi connectivity index (χ0n) is 14.2. The molecular formula is C19H13ClF3N3O2. The number of nitrogens with zero attached hydrogens (tertiary/aromatic N) is 2. The van der Waals surface area contributed by atoms with Crippen LogP contribution in [0.3, 0.4) is 0 Å². The number of primary amides is 1. The molecule has 28 heavy (non-hydrogen) atoms. The fourth-order valence-electron chi connectivity index (χ4n) is 2.70. The van der Waals surface area contributed by atoms with Crippen LogP contribution in [0.2, 0.25) is 5.02 Å². The van der Waals surface area contributed by atoms with Gasteiger partial charge in [0.15, 0.2) is 0 Å². The van der Waals surface area contributed by atoms with Gasteiger partial charge >= 0.3 is 6.18 Å². The second-order valence-corrected chi connectivity index (χ2v) is 6.30. The largest absolute Gasteiger partial charge is 0.417 e. The topological polar surface area (TPSA) is 78.0 Å². The van der Waals surface area contributed by atoms with Gasteiger partial charge in [-0.15, -0.1) is 0 Å². The lowest BCUT2D eigenvalue weighted by Gasteiger charge is -2.17. The van der Waals surface area contributed by atoms with Crippen LogP contribution >= 0.6 is 11.6 Å². The maximum atomic E-state index is 13.2. The molecule has 0 saturated carbocycles. The Balaban J connectivity index is 2.25. The van der Waals surface area contributed by atoms with Gasteiger partial charge in [-0.25, -0.2) is 0 Å². The molecule has 1 heterocycles. The van der Waals surface area contributed by atoms with Gasteiger partial charge in [0.2, 0.25) is 0 Å². The summed E-state index contributed by atoms with van der Waals surface area (Å²) in [6, 6.07) is 12.2. The molecule has 2 N–H and O–H groups in total. The van der Waals surface area contributed by atoms with Crippen LogP contribution < -0.4 is 11.3 Å². The van der Waals surface area contributed by atoms with Crippen molar-refractivity contribution in [3.8, 4) is 11.4 Å². The lowest BCUT2D eigenvalue weighted by molar-refractivity contribution is -0.137. The summed E-state index contributed by atoms with van der Waals surface area (Å²) >= 11 is 5.99. The standard InChI is InChI=1S/C19H13ClF3N3O2/c20-15-12(7-4-8-14(15)19(21,22)23)17-25-18(28)13(16(24)27)10-26(17)9-11-5-2-1-3-6-11/h1-8,10H,9H2,(H2,24,27). The molecular weight excluding hydrogens is 395 g/mol. The quantitative estimate of drug-likeness (QED) is 0.715. The van der Waals surface area contributed by atoms with Crippen molar-refractivity contribution in [3.05, 3.63) is 86.8 Å². The summed E-state index contributed by atoms with van der Waals surface area (Å²) in [7, 11) is 0. The Morgan fingerprint density at radius 3 is 2.39 bits per heavy atom. The minimum absolute atomic E-state index is 0.0828. The van der Waals surface area contributed by atoms with Gasteiger partial charge in [-0.05, 0) is 17.7 Å². The number of nitrogens with two attached hydrogens (primary N) is 1. The zero-order chi connectivity index (χ0) is 20.5. The molecule has 3 aromatic rings. The van der Waals surface area contributed by atoms with E-state index in [1.54, 1.807) is 30.3 Å². The van der Waals surface area contributed by atoms with Crippen LogP contribution in [0.25, 0.3) is 11.4 Å². The Morgan fingerprint density at radius 1 is 1.11 bits per heavy atom. The van der Waals surface area contributed by atoms with Crippen LogP contribution in [0.5, 0.6) is 0 Å². The molecule has 0 fully saturated rings. The highest BCUT2D eigenvalue weighted by Crippen LogP contribution is 2.39. The third kappa shape index (κ3) is 3.91. The van der Waals surface area contributed by atoms with Crippen molar-refractivity contribution in [2.24, 2.45) is 5.73 Å². The van der Waals surface area contributed by atoms with Crippen molar-refractivity contribution in [1.29, 1.82) is 0 Å². The fourth-order valence-corrected chi connectivity index (χ4v) is 3.02. The molecule has 3 rings (SSSR count). The number of amides is 1. The van der Waals surface area contributed by atoms with Crippen LogP contribution in [0.15, 0.2) is 59.5 Å². The van der Waals surface area contributed by atoms with Gasteiger partial charge in [-0.1, -0.05) is 48.0 Å². The van der Waals surface area contributed by atoms with E-state index < -0.39 is 28.2 Å². The number of hydrogen-bond donors (Lipinski definition) is 1. The second kappa shape index (κ2) is 7.47. The molecule has 2 aromatic carbocycles. The van der Waals surface area contributed by atoms with Crippen LogP contribution in [0.1, 0.15) is 21.5 Å². The number of carbonyl (C=O) groups is 1. The number of rotatable bonds is 4. The predicted octanol–water partition coefficient (Wildman–Crippen LogP) is 3.73. The summed E-state index contributed by atoms with van der Waals surface area (Å²) in [5.41, 5.74) is 3.53. The highest BCUT2D eigenvalue weighted by molar-refractivity contribution is 6.34. The molecule has 1 aromatic heterocycles. The zero-order valence-corrected chi connectivity index (χ0v) is 15.0. The van der Waals surface area contributed by atoms with Crippen molar-refractivity contribution in [1.82, 2.24) is 9.55 Å². The fraction of sp³-hybridized carbons (Fsp3) is 0.105. The highest BCUT2D eigenvalue weighted by atomic mass is 35.5. The maximum absolute atomic E-state index is 13.2. The molecule has 0 radical (unpaired) electrons. The molecule has 0 bridgehead atoms. The van der Waals surface area contributed by atoms with E-state index in [1.165, 1.54) is 22.9 Å². The maximum Gasteiger partial charge on any atom is 0.417 e. The van der Waals surface area contributed by atoms with Gasteiger partial charge in [-0.2, -0.15) is 18.2 Å². The molecule has 1 amide bonds. The summed E-state index contributed by atoms with van der Waals surface area (Å²) in [4.78, 5) is 27.5. The van der Waals surface area contributed by atoms with Crippen LogP contribution in [0, 0.1) is 0 Å². The first-order valence-electron chi connectivity index (χ1n) is 8.00. The van der Waals surface area contributed by atoms with E-state index in [-0.39, 0.29) is 23.5 Å². The molecule has 0 saturated heterocycles. The van der Waals surface area contributed by atoms with Crippen molar-refractivity contribution in [3.63, 3.8) is 0 Å². The number of aromatic nitrogens is 2. The minimum atomic E-state index is -4.68. The first-order chi connectivity index (χ1) is 13.2. The first kappa shape index (κ1) is 19.6. The third-order valence-electron chi connectivity index (χ3n) is 4.00. The third-order valence-corrected chi connectivity index (χ3v) is 4.41. The van der Waals surface area contributed by atoms with E-state index in [9.17, 15) is 22.8 Å². The average Bonchev–Trinajstić information content (AvgIpc) is 2.63. The Labute approximate surface area is 162 Å². The van der Waals surface area contributed by atoms with Crippen molar-refractivity contribution >= 4 is 17.5 Å².